The molecule has 1 atom stereocenters. The van der Waals surface area contributed by atoms with Crippen molar-refractivity contribution < 1.29 is 52.1 Å². The number of aromatic nitrogens is 4. The fraction of sp³-hybridized carbons (Fsp3) is 0.500. The Morgan fingerprint density at radius 1 is 1.58 bits per heavy atom. The van der Waals surface area contributed by atoms with Crippen LogP contribution in [-0.2, 0) is 19.9 Å². The van der Waals surface area contributed by atoms with Gasteiger partial charge in [-0.3, -0.25) is 9.59 Å². The van der Waals surface area contributed by atoms with Gasteiger partial charge in [-0.1, -0.05) is 0 Å². The van der Waals surface area contributed by atoms with Gasteiger partial charge >= 0.3 is 29.6 Å². The van der Waals surface area contributed by atoms with E-state index in [0.717, 1.165) is 23.1 Å². The van der Waals surface area contributed by atoms with E-state index in [4.69, 9.17) is 0 Å². The molecule has 98 valence electrons. The zero-order valence-corrected chi connectivity index (χ0v) is 12.8. The fourth-order valence-electron chi connectivity index (χ4n) is 1.52. The van der Waals surface area contributed by atoms with Crippen LogP contribution in [0.15, 0.2) is 6.33 Å². The average molecular weight is 298 g/mol. The molecule has 2 rings (SSSR count). The van der Waals surface area contributed by atoms with Gasteiger partial charge in [0.15, 0.2) is 22.7 Å². The Hall–Kier alpha value is -1.08. The molecule has 0 bridgehead atoms. The molecule has 0 aromatic carbocycles. The molecular formula is C6H7N6NaO5S. The molecule has 0 aliphatic carbocycles. The number of nitrogens with zero attached hydrogens (tertiary/aromatic N) is 6. The number of carbonyl (C=O) groups excluding carboxylic acids is 2. The Balaban J connectivity index is 0.00000180. The molecule has 2 heterocycles. The van der Waals surface area contributed by atoms with Crippen molar-refractivity contribution in [3.8, 4) is 0 Å². The van der Waals surface area contributed by atoms with Gasteiger partial charge in [-0.25, -0.2) is 17.7 Å². The first-order valence-corrected chi connectivity index (χ1v) is 5.99. The van der Waals surface area contributed by atoms with E-state index < -0.39 is 34.7 Å². The molecular weight excluding hydrogens is 291 g/mol. The summed E-state index contributed by atoms with van der Waals surface area (Å²) in [5.41, 5.74) is 0. The molecule has 1 aromatic rings. The summed E-state index contributed by atoms with van der Waals surface area (Å²) in [6.07, 6.45) is 1.07. The van der Waals surface area contributed by atoms with E-state index in [0.29, 0.717) is 0 Å². The second kappa shape index (κ2) is 5.50. The first-order chi connectivity index (χ1) is 8.32. The van der Waals surface area contributed by atoms with Crippen molar-refractivity contribution in [2.24, 2.45) is 0 Å². The van der Waals surface area contributed by atoms with Crippen LogP contribution < -0.4 is 34.6 Å². The Bertz CT molecular complexity index is 587. The molecule has 0 N–H and O–H groups in total. The zero-order valence-electron chi connectivity index (χ0n) is 9.99. The van der Waals surface area contributed by atoms with Gasteiger partial charge in [0.1, 0.15) is 0 Å². The largest absolute Gasteiger partial charge is 1.00 e. The summed E-state index contributed by atoms with van der Waals surface area (Å²) in [6.45, 7) is 0.743. The predicted molar refractivity (Wildman–Crippen MR) is 51.9 cm³/mol. The van der Waals surface area contributed by atoms with Gasteiger partial charge in [-0.15, -0.1) is 9.89 Å². The van der Waals surface area contributed by atoms with Crippen molar-refractivity contribution in [3.05, 3.63) is 6.33 Å². The standard InChI is InChI=1S/C6H8N6O5S.Na/c1-4(13)12(11-3-7-8-9-11)5-2-10(6(5)14)18(15,16)17;/h3,5H,2H2,1H3,(H,15,16,17);/q;+1/p-1. The Kier molecular flexibility index (Phi) is 4.63. The minimum absolute atomic E-state index is 0. The van der Waals surface area contributed by atoms with Crippen LogP contribution in [0.1, 0.15) is 6.92 Å². The second-order valence-corrected chi connectivity index (χ2v) is 4.73. The van der Waals surface area contributed by atoms with E-state index >= 15 is 0 Å². The van der Waals surface area contributed by atoms with Gasteiger partial charge in [0, 0.05) is 6.92 Å². The van der Waals surface area contributed by atoms with Crippen LogP contribution in [0.3, 0.4) is 0 Å². The average Bonchev–Trinajstić information content (AvgIpc) is 2.73. The SMILES string of the molecule is CC(=O)N(C1CN(S(=O)(=O)[O-])C1=O)n1cnnn1.[Na+]. The van der Waals surface area contributed by atoms with E-state index in [1.807, 2.05) is 0 Å². The molecule has 13 heteroatoms. The third-order valence-corrected chi connectivity index (χ3v) is 3.19. The topological polar surface area (TPSA) is 141 Å². The van der Waals surface area contributed by atoms with Gasteiger partial charge < -0.3 is 4.55 Å². The summed E-state index contributed by atoms with van der Waals surface area (Å²) >= 11 is 0. The molecule has 11 nitrogen and oxygen atoms in total. The zero-order chi connectivity index (χ0) is 13.5. The Morgan fingerprint density at radius 2 is 2.21 bits per heavy atom. The quantitative estimate of drug-likeness (QED) is 0.305. The first-order valence-electron chi connectivity index (χ1n) is 4.63. The summed E-state index contributed by atoms with van der Waals surface area (Å²) in [5.74, 6) is -1.56. The molecule has 0 saturated carbocycles. The smallest absolute Gasteiger partial charge is 0.731 e. The van der Waals surface area contributed by atoms with Crippen molar-refractivity contribution in [2.45, 2.75) is 13.0 Å². The molecule has 1 aliphatic heterocycles. The van der Waals surface area contributed by atoms with E-state index in [2.05, 4.69) is 15.5 Å². The van der Waals surface area contributed by atoms with Gasteiger partial charge in [0.25, 0.3) is 5.91 Å². The summed E-state index contributed by atoms with van der Waals surface area (Å²) in [6, 6.07) is -1.10. The number of hydrogen-bond donors (Lipinski definition) is 0. The molecule has 1 aliphatic rings. The maximum absolute atomic E-state index is 11.5. The third-order valence-electron chi connectivity index (χ3n) is 2.32. The van der Waals surface area contributed by atoms with Crippen molar-refractivity contribution in [3.63, 3.8) is 0 Å². The molecule has 0 spiro atoms. The van der Waals surface area contributed by atoms with Crippen LogP contribution in [0, 0.1) is 0 Å². The van der Waals surface area contributed by atoms with E-state index in [-0.39, 0.29) is 33.9 Å². The maximum Gasteiger partial charge on any atom is 1.00 e. The van der Waals surface area contributed by atoms with E-state index in [1.54, 1.807) is 0 Å². The summed E-state index contributed by atoms with van der Waals surface area (Å²) in [5, 5.41) is 10.9. The number of hydrogen-bond acceptors (Lipinski definition) is 8. The van der Waals surface area contributed by atoms with Crippen LogP contribution >= 0.6 is 0 Å². The Morgan fingerprint density at radius 3 is 2.58 bits per heavy atom. The molecule has 2 amide bonds. The van der Waals surface area contributed by atoms with Crippen LogP contribution in [0.4, 0.5) is 0 Å². The molecule has 1 saturated heterocycles. The maximum atomic E-state index is 11.5. The normalized spacial score (nSPS) is 18.5. The van der Waals surface area contributed by atoms with Crippen molar-refractivity contribution in [1.82, 2.24) is 24.6 Å². The first kappa shape index (κ1) is 16.0. The number of β-lactam (4-membered cyclic amide) rings is 1. The van der Waals surface area contributed by atoms with Crippen LogP contribution in [0.2, 0.25) is 0 Å². The molecule has 19 heavy (non-hydrogen) atoms. The van der Waals surface area contributed by atoms with Crippen LogP contribution in [-0.4, -0.2) is 62.0 Å². The third kappa shape index (κ3) is 2.92. The number of amides is 2. The summed E-state index contributed by atoms with van der Waals surface area (Å²) in [7, 11) is -4.84. The van der Waals surface area contributed by atoms with Crippen molar-refractivity contribution >= 4 is 22.1 Å². The van der Waals surface area contributed by atoms with E-state index in [1.165, 1.54) is 0 Å². The van der Waals surface area contributed by atoms with Crippen molar-refractivity contribution in [1.29, 1.82) is 0 Å². The molecule has 1 aromatic heterocycles. The van der Waals surface area contributed by atoms with Crippen molar-refractivity contribution in [2.75, 3.05) is 11.6 Å². The number of rotatable bonds is 3. The van der Waals surface area contributed by atoms with Crippen LogP contribution in [0.5, 0.6) is 0 Å². The Labute approximate surface area is 129 Å². The van der Waals surface area contributed by atoms with Gasteiger partial charge in [-0.05, 0) is 10.4 Å². The van der Waals surface area contributed by atoms with E-state index in [9.17, 15) is 22.6 Å². The minimum Gasteiger partial charge on any atom is -0.731 e. The fourth-order valence-corrected chi connectivity index (χ4v) is 2.19. The summed E-state index contributed by atoms with van der Waals surface area (Å²) < 4.78 is 32.1. The second-order valence-electron chi connectivity index (χ2n) is 3.44. The molecule has 1 unspecified atom stereocenters. The monoisotopic (exact) mass is 298 g/mol. The molecule has 0 radical (unpaired) electrons. The van der Waals surface area contributed by atoms with Gasteiger partial charge in [-0.2, -0.15) is 0 Å². The van der Waals surface area contributed by atoms with Gasteiger partial charge in [0.2, 0.25) is 5.91 Å². The predicted octanol–water partition coefficient (Wildman–Crippen LogP) is -6.17. The summed E-state index contributed by atoms with van der Waals surface area (Å²) in [4.78, 5) is 23.8. The number of tetrazole rings is 1. The molecule has 1 fully saturated rings. The van der Waals surface area contributed by atoms with Crippen LogP contribution in [0.25, 0.3) is 0 Å². The number of carbonyl (C=O) groups is 2. The van der Waals surface area contributed by atoms with Gasteiger partial charge in [0.05, 0.1) is 6.54 Å². The minimum atomic E-state index is -4.84.